The molecule has 0 atom stereocenters. The summed E-state index contributed by atoms with van der Waals surface area (Å²) in [5, 5.41) is 0. The normalized spacial score (nSPS) is 12.0. The van der Waals surface area contributed by atoms with Gasteiger partial charge < -0.3 is 4.74 Å². The number of carbonyl (C=O) groups excluding carboxylic acids is 1. The van der Waals surface area contributed by atoms with Crippen LogP contribution in [0.3, 0.4) is 0 Å². The second kappa shape index (κ2) is 5.97. The number of esters is 1. The Bertz CT molecular complexity index is 180. The van der Waals surface area contributed by atoms with Crippen molar-refractivity contribution in [1.82, 2.24) is 0 Å². The number of allylic oxidation sites excluding steroid dienone is 1. The first kappa shape index (κ1) is 12.4. The van der Waals surface area contributed by atoms with E-state index in [4.69, 9.17) is 4.74 Å². The van der Waals surface area contributed by atoms with Crippen LogP contribution in [-0.4, -0.2) is 20.7 Å². The third kappa shape index (κ3) is 11.4. The molecule has 3 heteroatoms. The Labute approximate surface area is 82.0 Å². The van der Waals surface area contributed by atoms with E-state index in [2.05, 4.69) is 31.8 Å². The van der Waals surface area contributed by atoms with Gasteiger partial charge >= 0.3 is 5.97 Å². The van der Waals surface area contributed by atoms with Gasteiger partial charge in [-0.3, -0.25) is 4.79 Å². The Morgan fingerprint density at radius 1 is 1.31 bits per heavy atom. The molecule has 0 aromatic heterocycles. The summed E-state index contributed by atoms with van der Waals surface area (Å²) in [6, 6.07) is 1.20. The van der Waals surface area contributed by atoms with E-state index >= 15 is 0 Å². The van der Waals surface area contributed by atoms with Gasteiger partial charge in [-0.05, 0) is 12.5 Å². The zero-order valence-corrected chi connectivity index (χ0v) is 10.1. The maximum absolute atomic E-state index is 10.4. The average Bonchev–Trinajstić information content (AvgIpc) is 1.93. The molecule has 0 spiro atoms. The SMILES string of the molecule is CC(=O)OCC/C=C\C[Si](C)(C)C. The summed E-state index contributed by atoms with van der Waals surface area (Å²) in [6.45, 7) is 8.96. The Hall–Kier alpha value is -0.573. The van der Waals surface area contributed by atoms with Crippen molar-refractivity contribution in [3.8, 4) is 0 Å². The van der Waals surface area contributed by atoms with Crippen LogP contribution in [0.15, 0.2) is 12.2 Å². The number of rotatable bonds is 5. The predicted molar refractivity (Wildman–Crippen MR) is 58.5 cm³/mol. The Morgan fingerprint density at radius 3 is 2.38 bits per heavy atom. The van der Waals surface area contributed by atoms with Gasteiger partial charge in [0, 0.05) is 15.0 Å². The predicted octanol–water partition coefficient (Wildman–Crippen LogP) is 2.83. The van der Waals surface area contributed by atoms with E-state index in [0.29, 0.717) is 6.61 Å². The first-order chi connectivity index (χ1) is 5.92. The molecule has 0 radical (unpaired) electrons. The molecule has 0 amide bonds. The minimum atomic E-state index is -0.934. The maximum atomic E-state index is 10.4. The second-order valence-electron chi connectivity index (χ2n) is 4.36. The largest absolute Gasteiger partial charge is 0.466 e. The van der Waals surface area contributed by atoms with Gasteiger partial charge in [-0.15, -0.1) is 0 Å². The first-order valence-corrected chi connectivity index (χ1v) is 8.41. The number of hydrogen-bond acceptors (Lipinski definition) is 2. The number of carbonyl (C=O) groups is 1. The maximum Gasteiger partial charge on any atom is 0.302 e. The fourth-order valence-corrected chi connectivity index (χ4v) is 1.70. The van der Waals surface area contributed by atoms with Crippen molar-refractivity contribution in [3.63, 3.8) is 0 Å². The van der Waals surface area contributed by atoms with Crippen LogP contribution in [0.2, 0.25) is 25.7 Å². The van der Waals surface area contributed by atoms with E-state index < -0.39 is 8.07 Å². The summed E-state index contributed by atoms with van der Waals surface area (Å²) in [6.07, 6.45) is 5.14. The van der Waals surface area contributed by atoms with Gasteiger partial charge in [0.2, 0.25) is 0 Å². The molecular formula is C10H20O2Si. The molecule has 13 heavy (non-hydrogen) atoms. The highest BCUT2D eigenvalue weighted by atomic mass is 28.3. The van der Waals surface area contributed by atoms with Gasteiger partial charge in [-0.1, -0.05) is 31.8 Å². The molecule has 0 heterocycles. The zero-order chi connectivity index (χ0) is 10.3. The smallest absolute Gasteiger partial charge is 0.302 e. The van der Waals surface area contributed by atoms with Gasteiger partial charge in [-0.25, -0.2) is 0 Å². The monoisotopic (exact) mass is 200 g/mol. The van der Waals surface area contributed by atoms with Crippen molar-refractivity contribution in [3.05, 3.63) is 12.2 Å². The molecule has 0 aromatic carbocycles. The Morgan fingerprint density at radius 2 is 1.92 bits per heavy atom. The molecule has 0 unspecified atom stereocenters. The van der Waals surface area contributed by atoms with E-state index in [0.717, 1.165) is 6.42 Å². The van der Waals surface area contributed by atoms with Crippen LogP contribution in [0.4, 0.5) is 0 Å². The third-order valence-electron chi connectivity index (χ3n) is 1.49. The van der Waals surface area contributed by atoms with Crippen molar-refractivity contribution in [2.45, 2.75) is 39.0 Å². The van der Waals surface area contributed by atoms with Crippen molar-refractivity contribution in [2.24, 2.45) is 0 Å². The van der Waals surface area contributed by atoms with E-state index in [9.17, 15) is 4.79 Å². The standard InChI is InChI=1S/C10H20O2Si/c1-10(11)12-8-6-5-7-9-13(2,3)4/h5,7H,6,8-9H2,1-4H3/b7-5-. The summed E-state index contributed by atoms with van der Waals surface area (Å²) in [5.41, 5.74) is 0. The van der Waals surface area contributed by atoms with Crippen LogP contribution >= 0.6 is 0 Å². The highest BCUT2D eigenvalue weighted by molar-refractivity contribution is 6.76. The minimum absolute atomic E-state index is 0.196. The minimum Gasteiger partial charge on any atom is -0.466 e. The average molecular weight is 200 g/mol. The number of hydrogen-bond donors (Lipinski definition) is 0. The summed E-state index contributed by atoms with van der Waals surface area (Å²) >= 11 is 0. The molecule has 0 saturated heterocycles. The van der Waals surface area contributed by atoms with Crippen molar-refractivity contribution >= 4 is 14.0 Å². The fourth-order valence-electron chi connectivity index (χ4n) is 0.825. The molecule has 0 rings (SSSR count). The number of ether oxygens (including phenoxy) is 1. The topological polar surface area (TPSA) is 26.3 Å². The summed E-state index contributed by atoms with van der Waals surface area (Å²) in [7, 11) is -0.934. The molecule has 0 aromatic rings. The van der Waals surface area contributed by atoms with E-state index in [1.54, 1.807) is 0 Å². The van der Waals surface area contributed by atoms with Gasteiger partial charge in [-0.2, -0.15) is 0 Å². The fraction of sp³-hybridized carbons (Fsp3) is 0.700. The Balaban J connectivity index is 3.38. The van der Waals surface area contributed by atoms with Crippen molar-refractivity contribution < 1.29 is 9.53 Å². The van der Waals surface area contributed by atoms with Gasteiger partial charge in [0.15, 0.2) is 0 Å². The summed E-state index contributed by atoms with van der Waals surface area (Å²) < 4.78 is 4.80. The van der Waals surface area contributed by atoms with Crippen LogP contribution in [0.25, 0.3) is 0 Å². The van der Waals surface area contributed by atoms with Crippen LogP contribution in [0.5, 0.6) is 0 Å². The lowest BCUT2D eigenvalue weighted by Gasteiger charge is -2.11. The van der Waals surface area contributed by atoms with Gasteiger partial charge in [0.25, 0.3) is 0 Å². The van der Waals surface area contributed by atoms with Gasteiger partial charge in [0.1, 0.15) is 0 Å². The Kier molecular flexibility index (Phi) is 5.71. The molecular weight excluding hydrogens is 180 g/mol. The van der Waals surface area contributed by atoms with Gasteiger partial charge in [0.05, 0.1) is 6.61 Å². The van der Waals surface area contributed by atoms with Crippen LogP contribution in [0, 0.1) is 0 Å². The zero-order valence-electron chi connectivity index (χ0n) is 9.09. The third-order valence-corrected chi connectivity index (χ3v) is 2.95. The van der Waals surface area contributed by atoms with Crippen molar-refractivity contribution in [1.29, 1.82) is 0 Å². The highest BCUT2D eigenvalue weighted by Crippen LogP contribution is 2.08. The van der Waals surface area contributed by atoms with E-state index in [1.807, 2.05) is 0 Å². The van der Waals surface area contributed by atoms with E-state index in [1.165, 1.54) is 13.0 Å². The molecule has 2 nitrogen and oxygen atoms in total. The molecule has 0 N–H and O–H groups in total. The summed E-state index contributed by atoms with van der Waals surface area (Å²) in [5.74, 6) is -0.196. The lowest BCUT2D eigenvalue weighted by molar-refractivity contribution is -0.140. The quantitative estimate of drug-likeness (QED) is 0.295. The first-order valence-electron chi connectivity index (χ1n) is 4.70. The lowest BCUT2D eigenvalue weighted by Crippen LogP contribution is -2.17. The van der Waals surface area contributed by atoms with E-state index in [-0.39, 0.29) is 5.97 Å². The van der Waals surface area contributed by atoms with Crippen LogP contribution in [-0.2, 0) is 9.53 Å². The molecule has 0 saturated carbocycles. The molecule has 0 aliphatic carbocycles. The molecule has 0 aliphatic heterocycles. The molecule has 0 aliphatic rings. The van der Waals surface area contributed by atoms with Crippen LogP contribution in [0.1, 0.15) is 13.3 Å². The van der Waals surface area contributed by atoms with Crippen molar-refractivity contribution in [2.75, 3.05) is 6.61 Å². The highest BCUT2D eigenvalue weighted by Gasteiger charge is 2.08. The summed E-state index contributed by atoms with van der Waals surface area (Å²) in [4.78, 5) is 10.4. The van der Waals surface area contributed by atoms with Crippen LogP contribution < -0.4 is 0 Å². The second-order valence-corrected chi connectivity index (χ2v) is 9.89. The molecule has 76 valence electrons. The molecule has 0 bridgehead atoms. The molecule has 0 fully saturated rings. The lowest BCUT2D eigenvalue weighted by atomic mass is 10.4.